The zero-order valence-electron chi connectivity index (χ0n) is 11.4. The molecule has 1 N–H and O–H groups in total. The van der Waals surface area contributed by atoms with Crippen molar-refractivity contribution in [1.29, 1.82) is 0 Å². The lowest BCUT2D eigenvalue weighted by molar-refractivity contribution is 0.269. The Morgan fingerprint density at radius 3 is 2.76 bits per heavy atom. The maximum Gasteiger partial charge on any atom is 0.149 e. The fourth-order valence-electron chi connectivity index (χ4n) is 2.58. The third kappa shape index (κ3) is 2.69. The molecule has 0 saturated heterocycles. The first-order valence-electron chi connectivity index (χ1n) is 6.74. The molecule has 0 aromatic heterocycles. The molecule has 1 aliphatic rings. The second-order valence-electron chi connectivity index (χ2n) is 4.91. The van der Waals surface area contributed by atoms with Gasteiger partial charge in [0.15, 0.2) is 0 Å². The van der Waals surface area contributed by atoms with Gasteiger partial charge in [-0.1, -0.05) is 41.9 Å². The molecule has 0 saturated carbocycles. The molecular weight excluding hydrogens is 293 g/mol. The summed E-state index contributed by atoms with van der Waals surface area (Å²) in [4.78, 5) is 2.01. The number of halogens is 2. The number of aliphatic hydroxyl groups excluding tert-OH is 1. The maximum absolute atomic E-state index is 14.1. The van der Waals surface area contributed by atoms with E-state index < -0.39 is 12.4 Å². The summed E-state index contributed by atoms with van der Waals surface area (Å²) in [5.41, 5.74) is 1.90. The molecule has 0 atom stereocenters. The molecular formula is C16H15ClFNO2. The number of anilines is 1. The molecule has 1 aliphatic heterocycles. The monoisotopic (exact) mass is 307 g/mol. The number of rotatable bonds is 3. The third-order valence-electron chi connectivity index (χ3n) is 3.56. The molecule has 21 heavy (non-hydrogen) atoms. The van der Waals surface area contributed by atoms with Crippen LogP contribution in [0, 0.1) is 5.82 Å². The topological polar surface area (TPSA) is 32.7 Å². The summed E-state index contributed by atoms with van der Waals surface area (Å²) < 4.78 is 19.7. The van der Waals surface area contributed by atoms with E-state index in [0.717, 1.165) is 5.56 Å². The van der Waals surface area contributed by atoms with E-state index in [0.29, 0.717) is 31.1 Å². The first kappa shape index (κ1) is 14.2. The van der Waals surface area contributed by atoms with Gasteiger partial charge in [0.2, 0.25) is 0 Å². The van der Waals surface area contributed by atoms with Crippen LogP contribution in [0.15, 0.2) is 36.4 Å². The van der Waals surface area contributed by atoms with E-state index in [1.807, 2.05) is 35.2 Å². The minimum atomic E-state index is -0.582. The number of nitrogens with zero attached hydrogens (tertiary/aromatic N) is 1. The third-order valence-corrected chi connectivity index (χ3v) is 3.84. The smallest absolute Gasteiger partial charge is 0.149 e. The van der Waals surface area contributed by atoms with Gasteiger partial charge in [0.25, 0.3) is 0 Å². The highest BCUT2D eigenvalue weighted by Crippen LogP contribution is 2.40. The van der Waals surface area contributed by atoms with Crippen molar-refractivity contribution in [3.63, 3.8) is 0 Å². The number of hydrogen-bond acceptors (Lipinski definition) is 3. The number of benzene rings is 2. The van der Waals surface area contributed by atoms with Crippen LogP contribution >= 0.6 is 11.6 Å². The molecule has 0 radical (unpaired) electrons. The molecule has 2 aromatic carbocycles. The molecule has 3 nitrogen and oxygen atoms in total. The fourth-order valence-corrected chi connectivity index (χ4v) is 2.80. The summed E-state index contributed by atoms with van der Waals surface area (Å²) in [7, 11) is 0. The molecule has 0 unspecified atom stereocenters. The van der Waals surface area contributed by atoms with Crippen LogP contribution in [-0.2, 0) is 13.2 Å². The zero-order chi connectivity index (χ0) is 14.8. The molecule has 3 rings (SSSR count). The van der Waals surface area contributed by atoms with Gasteiger partial charge in [0, 0.05) is 18.2 Å². The van der Waals surface area contributed by atoms with Crippen molar-refractivity contribution in [3.8, 4) is 5.75 Å². The Hall–Kier alpha value is -1.78. The highest BCUT2D eigenvalue weighted by atomic mass is 35.5. The van der Waals surface area contributed by atoms with Gasteiger partial charge in [-0.3, -0.25) is 0 Å². The number of ether oxygens (including phenoxy) is 1. The van der Waals surface area contributed by atoms with Gasteiger partial charge in [-0.25, -0.2) is 4.39 Å². The van der Waals surface area contributed by atoms with Crippen LogP contribution < -0.4 is 9.64 Å². The van der Waals surface area contributed by atoms with Gasteiger partial charge in [-0.05, 0) is 5.56 Å². The van der Waals surface area contributed by atoms with Gasteiger partial charge in [0.1, 0.15) is 18.2 Å². The Kier molecular flexibility index (Phi) is 3.99. The first-order chi connectivity index (χ1) is 10.2. The summed E-state index contributed by atoms with van der Waals surface area (Å²) in [5.74, 6) is -0.0610. The second kappa shape index (κ2) is 5.92. The standard InChI is InChI=1S/C16H15ClFNO2/c17-13-8-14-16(12(10-20)15(13)18)19(6-7-21-14)9-11-4-2-1-3-5-11/h1-5,8,20H,6-7,9-10H2. The van der Waals surface area contributed by atoms with Crippen molar-refractivity contribution in [2.24, 2.45) is 0 Å². The fraction of sp³-hybridized carbons (Fsp3) is 0.250. The lowest BCUT2D eigenvalue weighted by Gasteiger charge is -2.33. The lowest BCUT2D eigenvalue weighted by atomic mass is 10.1. The maximum atomic E-state index is 14.1. The first-order valence-corrected chi connectivity index (χ1v) is 7.12. The second-order valence-corrected chi connectivity index (χ2v) is 5.32. The van der Waals surface area contributed by atoms with Crippen molar-refractivity contribution in [2.75, 3.05) is 18.1 Å². The summed E-state index contributed by atoms with van der Waals surface area (Å²) >= 11 is 5.85. The van der Waals surface area contributed by atoms with Crippen LogP contribution in [0.25, 0.3) is 0 Å². The highest BCUT2D eigenvalue weighted by molar-refractivity contribution is 6.31. The van der Waals surface area contributed by atoms with Gasteiger partial charge >= 0.3 is 0 Å². The van der Waals surface area contributed by atoms with Crippen LogP contribution in [0.4, 0.5) is 10.1 Å². The Balaban J connectivity index is 2.02. The SMILES string of the molecule is OCc1c(F)c(Cl)cc2c1N(Cc1ccccc1)CCO2. The van der Waals surface area contributed by atoms with Gasteiger partial charge in [-0.15, -0.1) is 0 Å². The predicted molar refractivity (Wildman–Crippen MR) is 80.3 cm³/mol. The van der Waals surface area contributed by atoms with E-state index in [-0.39, 0.29) is 10.6 Å². The van der Waals surface area contributed by atoms with E-state index in [1.165, 1.54) is 6.07 Å². The molecule has 5 heteroatoms. The van der Waals surface area contributed by atoms with Gasteiger partial charge in [-0.2, -0.15) is 0 Å². The summed E-state index contributed by atoms with van der Waals surface area (Å²) in [6.45, 7) is 1.36. The Morgan fingerprint density at radius 2 is 2.05 bits per heavy atom. The van der Waals surface area contributed by atoms with E-state index in [9.17, 15) is 9.50 Å². The number of fused-ring (bicyclic) bond motifs is 1. The molecule has 0 amide bonds. The van der Waals surface area contributed by atoms with E-state index >= 15 is 0 Å². The normalized spacial score (nSPS) is 13.8. The summed E-state index contributed by atoms with van der Waals surface area (Å²) in [5, 5.41) is 9.47. The van der Waals surface area contributed by atoms with E-state index in [1.54, 1.807) is 0 Å². The summed E-state index contributed by atoms with van der Waals surface area (Å²) in [6.07, 6.45) is 0. The van der Waals surface area contributed by atoms with Crippen molar-refractivity contribution in [3.05, 3.63) is 58.4 Å². The lowest BCUT2D eigenvalue weighted by Crippen LogP contribution is -2.33. The minimum Gasteiger partial charge on any atom is -0.489 e. The van der Waals surface area contributed by atoms with Crippen molar-refractivity contribution in [1.82, 2.24) is 0 Å². The minimum absolute atomic E-state index is 0.0284. The van der Waals surface area contributed by atoms with E-state index in [4.69, 9.17) is 16.3 Å². The van der Waals surface area contributed by atoms with Crippen molar-refractivity contribution in [2.45, 2.75) is 13.2 Å². The zero-order valence-corrected chi connectivity index (χ0v) is 12.1. The summed E-state index contributed by atoms with van der Waals surface area (Å²) in [6, 6.07) is 11.4. The van der Waals surface area contributed by atoms with Crippen LogP contribution in [0.1, 0.15) is 11.1 Å². The van der Waals surface area contributed by atoms with Crippen molar-refractivity contribution < 1.29 is 14.2 Å². The van der Waals surface area contributed by atoms with Crippen LogP contribution in [0.3, 0.4) is 0 Å². The Bertz CT molecular complexity index is 648. The molecule has 1 heterocycles. The molecule has 0 spiro atoms. The molecule has 0 bridgehead atoms. The van der Waals surface area contributed by atoms with Crippen LogP contribution in [0.5, 0.6) is 5.75 Å². The van der Waals surface area contributed by atoms with Crippen molar-refractivity contribution >= 4 is 17.3 Å². The highest BCUT2D eigenvalue weighted by Gasteiger charge is 2.26. The van der Waals surface area contributed by atoms with E-state index in [2.05, 4.69) is 0 Å². The molecule has 0 fully saturated rings. The number of hydrogen-bond donors (Lipinski definition) is 1. The predicted octanol–water partition coefficient (Wildman–Crippen LogP) is 3.37. The largest absolute Gasteiger partial charge is 0.489 e. The van der Waals surface area contributed by atoms with Crippen LogP contribution in [-0.4, -0.2) is 18.3 Å². The Labute approximate surface area is 127 Å². The molecule has 2 aromatic rings. The average Bonchev–Trinajstić information content (AvgIpc) is 2.50. The van der Waals surface area contributed by atoms with Gasteiger partial charge < -0.3 is 14.7 Å². The Morgan fingerprint density at radius 1 is 1.29 bits per heavy atom. The number of aliphatic hydroxyl groups is 1. The van der Waals surface area contributed by atoms with Crippen LogP contribution in [0.2, 0.25) is 5.02 Å². The quantitative estimate of drug-likeness (QED) is 0.943. The molecule has 0 aliphatic carbocycles. The average molecular weight is 308 g/mol. The van der Waals surface area contributed by atoms with Gasteiger partial charge in [0.05, 0.1) is 23.9 Å². The molecule has 110 valence electrons.